The summed E-state index contributed by atoms with van der Waals surface area (Å²) in [6, 6.07) is 0. The van der Waals surface area contributed by atoms with E-state index in [2.05, 4.69) is 51.8 Å². The van der Waals surface area contributed by atoms with Gasteiger partial charge >= 0.3 is 0 Å². The van der Waals surface area contributed by atoms with Crippen LogP contribution in [0.25, 0.3) is 0 Å². The second-order valence-corrected chi connectivity index (χ2v) is 8.04. The standard InChI is InChI=1S/C18H36N2O/c1-7-8-14(2)10-17(21)19-13-18(5,6)20-11-15(3)9-16(4)12-20/h14-16H,7-13H2,1-6H3,(H,19,21). The van der Waals surface area contributed by atoms with Gasteiger partial charge in [-0.3, -0.25) is 9.69 Å². The molecule has 1 aliphatic rings. The first kappa shape index (κ1) is 18.5. The van der Waals surface area contributed by atoms with Gasteiger partial charge in [0.15, 0.2) is 0 Å². The lowest BCUT2D eigenvalue weighted by molar-refractivity contribution is -0.122. The highest BCUT2D eigenvalue weighted by molar-refractivity contribution is 5.76. The largest absolute Gasteiger partial charge is 0.354 e. The van der Waals surface area contributed by atoms with Crippen LogP contribution in [0.1, 0.15) is 67.2 Å². The first-order valence-corrected chi connectivity index (χ1v) is 8.76. The molecule has 1 amide bonds. The van der Waals surface area contributed by atoms with Crippen LogP contribution in [0.15, 0.2) is 0 Å². The molecule has 0 bridgehead atoms. The number of carbonyl (C=O) groups is 1. The van der Waals surface area contributed by atoms with Crippen LogP contribution in [-0.2, 0) is 4.79 Å². The first-order valence-electron chi connectivity index (χ1n) is 8.76. The van der Waals surface area contributed by atoms with Crippen LogP contribution in [-0.4, -0.2) is 36.0 Å². The summed E-state index contributed by atoms with van der Waals surface area (Å²) in [4.78, 5) is 14.6. The molecule has 0 aromatic heterocycles. The van der Waals surface area contributed by atoms with Gasteiger partial charge in [0.05, 0.1) is 0 Å². The van der Waals surface area contributed by atoms with E-state index in [9.17, 15) is 4.79 Å². The molecule has 1 rings (SSSR count). The highest BCUT2D eigenvalue weighted by Gasteiger charge is 2.32. The maximum Gasteiger partial charge on any atom is 0.220 e. The van der Waals surface area contributed by atoms with Crippen LogP contribution in [0, 0.1) is 17.8 Å². The molecule has 0 saturated carbocycles. The first-order chi connectivity index (χ1) is 9.74. The third kappa shape index (κ3) is 6.37. The lowest BCUT2D eigenvalue weighted by Gasteiger charge is -2.45. The van der Waals surface area contributed by atoms with Gasteiger partial charge in [0.2, 0.25) is 5.91 Å². The van der Waals surface area contributed by atoms with Crippen molar-refractivity contribution in [2.75, 3.05) is 19.6 Å². The number of piperidine rings is 1. The van der Waals surface area contributed by atoms with Crippen LogP contribution in [0.5, 0.6) is 0 Å². The highest BCUT2D eigenvalue weighted by atomic mass is 16.1. The van der Waals surface area contributed by atoms with Crippen molar-refractivity contribution >= 4 is 5.91 Å². The summed E-state index contributed by atoms with van der Waals surface area (Å²) in [6.45, 7) is 16.6. The zero-order valence-corrected chi connectivity index (χ0v) is 15.0. The Morgan fingerprint density at radius 3 is 2.38 bits per heavy atom. The van der Waals surface area contributed by atoms with E-state index in [1.165, 1.54) is 6.42 Å². The fourth-order valence-electron chi connectivity index (χ4n) is 3.57. The molecule has 124 valence electrons. The Balaban J connectivity index is 2.43. The van der Waals surface area contributed by atoms with Gasteiger partial charge in [-0.15, -0.1) is 0 Å². The molecule has 1 N–H and O–H groups in total. The minimum atomic E-state index is 0.0482. The van der Waals surface area contributed by atoms with Crippen molar-refractivity contribution in [2.24, 2.45) is 17.8 Å². The number of nitrogens with one attached hydrogen (secondary N) is 1. The summed E-state index contributed by atoms with van der Waals surface area (Å²) >= 11 is 0. The summed E-state index contributed by atoms with van der Waals surface area (Å²) in [7, 11) is 0. The minimum absolute atomic E-state index is 0.0482. The van der Waals surface area contributed by atoms with Gasteiger partial charge in [0.25, 0.3) is 0 Å². The zero-order chi connectivity index (χ0) is 16.0. The number of amides is 1. The van der Waals surface area contributed by atoms with Crippen LogP contribution in [0.2, 0.25) is 0 Å². The Morgan fingerprint density at radius 2 is 1.86 bits per heavy atom. The molecule has 3 unspecified atom stereocenters. The van der Waals surface area contributed by atoms with Crippen LogP contribution in [0.4, 0.5) is 0 Å². The van der Waals surface area contributed by atoms with E-state index in [1.807, 2.05) is 0 Å². The molecule has 0 aliphatic carbocycles. The van der Waals surface area contributed by atoms with E-state index in [1.54, 1.807) is 0 Å². The topological polar surface area (TPSA) is 32.3 Å². The summed E-state index contributed by atoms with van der Waals surface area (Å²) < 4.78 is 0. The average Bonchev–Trinajstić information content (AvgIpc) is 2.35. The van der Waals surface area contributed by atoms with Gasteiger partial charge in [-0.2, -0.15) is 0 Å². The molecule has 3 heteroatoms. The van der Waals surface area contributed by atoms with Crippen molar-refractivity contribution in [3.05, 3.63) is 0 Å². The van der Waals surface area contributed by atoms with Crippen molar-refractivity contribution in [1.29, 1.82) is 0 Å². The molecule has 0 spiro atoms. The van der Waals surface area contributed by atoms with Crippen molar-refractivity contribution in [3.63, 3.8) is 0 Å². The predicted molar refractivity (Wildman–Crippen MR) is 90.3 cm³/mol. The summed E-state index contributed by atoms with van der Waals surface area (Å²) in [5.74, 6) is 2.22. The number of carbonyl (C=O) groups excluding carboxylic acids is 1. The quantitative estimate of drug-likeness (QED) is 0.777. The second kappa shape index (κ2) is 8.17. The Morgan fingerprint density at radius 1 is 1.29 bits per heavy atom. The van der Waals surface area contributed by atoms with E-state index in [0.29, 0.717) is 12.3 Å². The molecule has 21 heavy (non-hydrogen) atoms. The fourth-order valence-corrected chi connectivity index (χ4v) is 3.57. The van der Waals surface area contributed by atoms with E-state index < -0.39 is 0 Å². The van der Waals surface area contributed by atoms with Crippen LogP contribution >= 0.6 is 0 Å². The Hall–Kier alpha value is -0.570. The fraction of sp³-hybridized carbons (Fsp3) is 0.944. The number of hydrogen-bond donors (Lipinski definition) is 1. The Bertz CT molecular complexity index is 317. The van der Waals surface area contributed by atoms with Crippen molar-refractivity contribution < 1.29 is 4.79 Å². The number of hydrogen-bond acceptors (Lipinski definition) is 2. The normalized spacial score (nSPS) is 25.6. The molecule has 0 radical (unpaired) electrons. The molecule has 1 fully saturated rings. The van der Waals surface area contributed by atoms with Crippen molar-refractivity contribution in [1.82, 2.24) is 10.2 Å². The minimum Gasteiger partial charge on any atom is -0.354 e. The molecule has 1 saturated heterocycles. The van der Waals surface area contributed by atoms with Gasteiger partial charge in [0.1, 0.15) is 0 Å². The molecule has 3 nitrogen and oxygen atoms in total. The molecule has 3 atom stereocenters. The molecule has 1 heterocycles. The highest BCUT2D eigenvalue weighted by Crippen LogP contribution is 2.26. The molecule has 0 aromatic rings. The van der Waals surface area contributed by atoms with Gasteiger partial charge in [-0.1, -0.05) is 40.5 Å². The smallest absolute Gasteiger partial charge is 0.220 e. The monoisotopic (exact) mass is 296 g/mol. The van der Waals surface area contributed by atoms with Crippen LogP contribution < -0.4 is 5.32 Å². The van der Waals surface area contributed by atoms with E-state index in [0.717, 1.165) is 44.3 Å². The summed E-state index contributed by atoms with van der Waals surface area (Å²) in [6.07, 6.45) is 4.28. The third-order valence-electron chi connectivity index (χ3n) is 4.76. The lowest BCUT2D eigenvalue weighted by atomic mass is 9.88. The molecule has 0 aromatic carbocycles. The van der Waals surface area contributed by atoms with E-state index in [4.69, 9.17) is 0 Å². The summed E-state index contributed by atoms with van der Waals surface area (Å²) in [5, 5.41) is 3.16. The predicted octanol–water partition coefficient (Wildman–Crippen LogP) is 3.69. The van der Waals surface area contributed by atoms with Gasteiger partial charge in [-0.25, -0.2) is 0 Å². The number of nitrogens with zero attached hydrogens (tertiary/aromatic N) is 1. The van der Waals surface area contributed by atoms with E-state index in [-0.39, 0.29) is 11.4 Å². The number of rotatable bonds is 7. The Labute approximate surface area is 131 Å². The zero-order valence-electron chi connectivity index (χ0n) is 15.0. The van der Waals surface area contributed by atoms with E-state index >= 15 is 0 Å². The molecular weight excluding hydrogens is 260 g/mol. The summed E-state index contributed by atoms with van der Waals surface area (Å²) in [5.41, 5.74) is 0.0482. The Kier molecular flexibility index (Phi) is 7.19. The molecule has 1 aliphatic heterocycles. The second-order valence-electron chi connectivity index (χ2n) is 8.04. The van der Waals surface area contributed by atoms with Crippen molar-refractivity contribution in [2.45, 2.75) is 72.8 Å². The van der Waals surface area contributed by atoms with Crippen LogP contribution in [0.3, 0.4) is 0 Å². The van der Waals surface area contributed by atoms with Gasteiger partial charge < -0.3 is 5.32 Å². The average molecular weight is 296 g/mol. The number of likely N-dealkylation sites (tertiary alicyclic amines) is 1. The SMILES string of the molecule is CCCC(C)CC(=O)NCC(C)(C)N1CC(C)CC(C)C1. The lowest BCUT2D eigenvalue weighted by Crippen LogP contribution is -2.56. The van der Waals surface area contributed by atoms with Gasteiger partial charge in [0, 0.05) is 31.6 Å². The molecular formula is C18H36N2O. The van der Waals surface area contributed by atoms with Crippen molar-refractivity contribution in [3.8, 4) is 0 Å². The maximum atomic E-state index is 12.1. The maximum absolute atomic E-state index is 12.1. The van der Waals surface area contributed by atoms with Gasteiger partial charge in [-0.05, 0) is 38.0 Å². The third-order valence-corrected chi connectivity index (χ3v) is 4.76.